The molecule has 0 bridgehead atoms. The Morgan fingerprint density at radius 3 is 2.56 bits per heavy atom. The van der Waals surface area contributed by atoms with Gasteiger partial charge in [-0.1, -0.05) is 0 Å². The van der Waals surface area contributed by atoms with Crippen molar-refractivity contribution in [1.29, 1.82) is 0 Å². The first-order valence-electron chi connectivity index (χ1n) is 5.42. The van der Waals surface area contributed by atoms with Gasteiger partial charge in [-0.25, -0.2) is 13.4 Å². The summed E-state index contributed by atoms with van der Waals surface area (Å²) in [5.74, 6) is 5.29. The van der Waals surface area contributed by atoms with Gasteiger partial charge in [-0.3, -0.25) is 5.84 Å². The second-order valence-electron chi connectivity index (χ2n) is 4.13. The van der Waals surface area contributed by atoms with E-state index in [0.717, 1.165) is 0 Å². The number of nitrogens with two attached hydrogens (primary N) is 1. The Kier molecular flexibility index (Phi) is 5.03. The molecular weight excluding hydrogens is 254 g/mol. The molecule has 0 aliphatic carbocycles. The van der Waals surface area contributed by atoms with Crippen molar-refractivity contribution in [1.82, 2.24) is 14.2 Å². The van der Waals surface area contributed by atoms with E-state index in [2.05, 4.69) is 10.4 Å². The van der Waals surface area contributed by atoms with Crippen molar-refractivity contribution in [3.8, 4) is 0 Å². The fraction of sp³-hybridized carbons (Fsp3) is 0.500. The van der Waals surface area contributed by atoms with Crippen LogP contribution in [-0.2, 0) is 10.0 Å². The minimum absolute atomic E-state index is 0.0613. The Bertz CT molecular complexity index is 489. The van der Waals surface area contributed by atoms with Gasteiger partial charge in [0.1, 0.15) is 0 Å². The Labute approximate surface area is 108 Å². The summed E-state index contributed by atoms with van der Waals surface area (Å²) in [6, 6.07) is 3.19. The van der Waals surface area contributed by atoms with Crippen LogP contribution in [0.2, 0.25) is 0 Å². The third kappa shape index (κ3) is 3.39. The van der Waals surface area contributed by atoms with Crippen LogP contribution in [0.4, 0.5) is 5.69 Å². The number of nitrogens with one attached hydrogen (secondary N) is 1. The smallest absolute Gasteiger partial charge is 0.262 e. The molecule has 1 rings (SSSR count). The summed E-state index contributed by atoms with van der Waals surface area (Å²) in [6.07, 6.45) is 1.42. The van der Waals surface area contributed by atoms with Crippen molar-refractivity contribution in [2.45, 2.75) is 5.03 Å². The molecule has 0 saturated heterocycles. The van der Waals surface area contributed by atoms with Crippen LogP contribution in [0.3, 0.4) is 0 Å². The summed E-state index contributed by atoms with van der Waals surface area (Å²) in [7, 11) is 1.66. The largest absolute Gasteiger partial charge is 0.321 e. The second-order valence-corrected chi connectivity index (χ2v) is 6.09. The lowest BCUT2D eigenvalue weighted by Gasteiger charge is -2.20. The molecule has 0 spiro atoms. The average Bonchev–Trinajstić information content (AvgIpc) is 2.35. The van der Waals surface area contributed by atoms with E-state index in [0.29, 0.717) is 13.1 Å². The SMILES string of the molecule is CN(C)CCN(C)S(=O)(=O)c1ncccc1NN. The summed E-state index contributed by atoms with van der Waals surface area (Å²) >= 11 is 0. The maximum atomic E-state index is 12.3. The molecule has 0 aliphatic heterocycles. The topological polar surface area (TPSA) is 91.6 Å². The van der Waals surface area contributed by atoms with Crippen LogP contribution in [0.5, 0.6) is 0 Å². The minimum Gasteiger partial charge on any atom is -0.321 e. The number of hydrogen-bond donors (Lipinski definition) is 2. The van der Waals surface area contributed by atoms with Gasteiger partial charge in [0.15, 0.2) is 5.03 Å². The van der Waals surface area contributed by atoms with Gasteiger partial charge in [-0.15, -0.1) is 0 Å². The summed E-state index contributed by atoms with van der Waals surface area (Å²) in [4.78, 5) is 5.79. The molecule has 1 aromatic heterocycles. The first-order chi connectivity index (χ1) is 8.39. The molecule has 0 aliphatic rings. The minimum atomic E-state index is -3.62. The Balaban J connectivity index is 2.98. The predicted octanol–water partition coefficient (Wildman–Crippen LogP) is -0.451. The van der Waals surface area contributed by atoms with Gasteiger partial charge in [0.2, 0.25) is 0 Å². The lowest BCUT2D eigenvalue weighted by atomic mass is 10.4. The Morgan fingerprint density at radius 2 is 2.00 bits per heavy atom. The molecule has 0 atom stereocenters. The zero-order valence-electron chi connectivity index (χ0n) is 10.8. The molecule has 18 heavy (non-hydrogen) atoms. The molecule has 3 N–H and O–H groups in total. The number of sulfonamides is 1. The number of rotatable bonds is 6. The number of likely N-dealkylation sites (N-methyl/N-ethyl adjacent to an activating group) is 2. The van der Waals surface area contributed by atoms with Gasteiger partial charge < -0.3 is 10.3 Å². The molecular formula is C10H19N5O2S. The van der Waals surface area contributed by atoms with Gasteiger partial charge in [-0.2, -0.15) is 4.31 Å². The Hall–Kier alpha value is -1.22. The van der Waals surface area contributed by atoms with Crippen LogP contribution < -0.4 is 11.3 Å². The first kappa shape index (κ1) is 14.8. The number of aromatic nitrogens is 1. The quantitative estimate of drug-likeness (QED) is 0.539. The normalized spacial score (nSPS) is 12.1. The van der Waals surface area contributed by atoms with Crippen molar-refractivity contribution in [2.75, 3.05) is 39.7 Å². The highest BCUT2D eigenvalue weighted by Crippen LogP contribution is 2.19. The highest BCUT2D eigenvalue weighted by molar-refractivity contribution is 7.89. The van der Waals surface area contributed by atoms with Crippen molar-refractivity contribution < 1.29 is 8.42 Å². The zero-order valence-corrected chi connectivity index (χ0v) is 11.6. The third-order valence-electron chi connectivity index (χ3n) is 2.44. The van der Waals surface area contributed by atoms with Crippen LogP contribution >= 0.6 is 0 Å². The monoisotopic (exact) mass is 273 g/mol. The summed E-state index contributed by atoms with van der Waals surface area (Å²) < 4.78 is 25.8. The molecule has 0 radical (unpaired) electrons. The maximum absolute atomic E-state index is 12.3. The van der Waals surface area contributed by atoms with E-state index in [1.54, 1.807) is 12.1 Å². The van der Waals surface area contributed by atoms with Gasteiger partial charge in [-0.05, 0) is 26.2 Å². The van der Waals surface area contributed by atoms with Gasteiger partial charge >= 0.3 is 0 Å². The van der Waals surface area contributed by atoms with Gasteiger partial charge in [0, 0.05) is 26.3 Å². The molecule has 1 aromatic rings. The highest BCUT2D eigenvalue weighted by Gasteiger charge is 2.25. The fourth-order valence-electron chi connectivity index (χ4n) is 1.31. The van der Waals surface area contributed by atoms with E-state index >= 15 is 0 Å². The fourth-order valence-corrected chi connectivity index (χ4v) is 2.53. The van der Waals surface area contributed by atoms with Gasteiger partial charge in [0.25, 0.3) is 10.0 Å². The van der Waals surface area contributed by atoms with E-state index in [9.17, 15) is 8.42 Å². The van der Waals surface area contributed by atoms with Crippen LogP contribution in [0.25, 0.3) is 0 Å². The molecule has 8 heteroatoms. The van der Waals surface area contributed by atoms with Crippen molar-refractivity contribution >= 4 is 15.7 Å². The van der Waals surface area contributed by atoms with E-state index in [1.807, 2.05) is 19.0 Å². The van der Waals surface area contributed by atoms with Crippen molar-refractivity contribution in [3.05, 3.63) is 18.3 Å². The number of hydrazine groups is 1. The first-order valence-corrected chi connectivity index (χ1v) is 6.86. The van der Waals surface area contributed by atoms with Crippen molar-refractivity contribution in [2.24, 2.45) is 5.84 Å². The molecule has 0 amide bonds. The summed E-state index contributed by atoms with van der Waals surface area (Å²) in [5, 5.41) is -0.0613. The molecule has 1 heterocycles. The lowest BCUT2D eigenvalue weighted by Crippen LogP contribution is -2.34. The van der Waals surface area contributed by atoms with Crippen LogP contribution in [0, 0.1) is 0 Å². The van der Waals surface area contributed by atoms with Crippen LogP contribution in [0.15, 0.2) is 23.4 Å². The molecule has 0 aromatic carbocycles. The number of nitrogens with zero attached hydrogens (tertiary/aromatic N) is 3. The highest BCUT2D eigenvalue weighted by atomic mass is 32.2. The van der Waals surface area contributed by atoms with E-state index in [1.165, 1.54) is 17.5 Å². The second kappa shape index (κ2) is 6.10. The lowest BCUT2D eigenvalue weighted by molar-refractivity contribution is 0.358. The third-order valence-corrected chi connectivity index (χ3v) is 4.26. The predicted molar refractivity (Wildman–Crippen MR) is 70.4 cm³/mol. The molecule has 0 unspecified atom stereocenters. The van der Waals surface area contributed by atoms with E-state index in [4.69, 9.17) is 5.84 Å². The Morgan fingerprint density at radius 1 is 1.33 bits per heavy atom. The number of hydrogen-bond acceptors (Lipinski definition) is 6. The number of anilines is 1. The molecule has 0 fully saturated rings. The van der Waals surface area contributed by atoms with Crippen LogP contribution in [0.1, 0.15) is 0 Å². The van der Waals surface area contributed by atoms with E-state index < -0.39 is 10.0 Å². The average molecular weight is 273 g/mol. The zero-order chi connectivity index (χ0) is 13.8. The molecule has 0 saturated carbocycles. The molecule has 102 valence electrons. The number of nitrogen functional groups attached to an aromatic ring is 1. The summed E-state index contributed by atoms with van der Waals surface area (Å²) in [6.45, 7) is 1.02. The molecule has 7 nitrogen and oxygen atoms in total. The van der Waals surface area contributed by atoms with Crippen molar-refractivity contribution in [3.63, 3.8) is 0 Å². The number of pyridine rings is 1. The van der Waals surface area contributed by atoms with Gasteiger partial charge in [0.05, 0.1) is 5.69 Å². The van der Waals surface area contributed by atoms with E-state index in [-0.39, 0.29) is 10.7 Å². The maximum Gasteiger partial charge on any atom is 0.262 e. The summed E-state index contributed by atoms with van der Waals surface area (Å²) in [5.41, 5.74) is 2.63. The van der Waals surface area contributed by atoms with Crippen LogP contribution in [-0.4, -0.2) is 56.8 Å². The standard InChI is InChI=1S/C10H19N5O2S/c1-14(2)7-8-15(3)18(16,17)10-9(13-11)5-4-6-12-10/h4-6,13H,7-8,11H2,1-3H3.